The number of rotatable bonds is 6. The van der Waals surface area contributed by atoms with E-state index in [1.807, 2.05) is 11.9 Å². The van der Waals surface area contributed by atoms with Crippen molar-refractivity contribution < 1.29 is 27.6 Å². The van der Waals surface area contributed by atoms with E-state index in [-0.39, 0.29) is 57.6 Å². The van der Waals surface area contributed by atoms with E-state index < -0.39 is 17.8 Å². The number of amides is 3. The fourth-order valence-electron chi connectivity index (χ4n) is 5.63. The minimum Gasteiger partial charge on any atom is -0.339 e. The molecule has 0 saturated carbocycles. The third kappa shape index (κ3) is 6.84. The smallest absolute Gasteiger partial charge is 0.339 e. The monoisotopic (exact) mass is 644 g/mol. The number of anilines is 1. The minimum atomic E-state index is -4.75. The third-order valence-electron chi connectivity index (χ3n) is 8.15. The number of nitrogens with one attached hydrogen (secondary N) is 1. The zero-order valence-corrected chi connectivity index (χ0v) is 25.5. The van der Waals surface area contributed by atoms with Crippen LogP contribution in [0.1, 0.15) is 39.5 Å². The number of imidazole rings is 1. The largest absolute Gasteiger partial charge is 0.435 e. The number of terminal acetylenes is 1. The van der Waals surface area contributed by atoms with Crippen LogP contribution in [-0.2, 0) is 24.6 Å². The van der Waals surface area contributed by atoms with Gasteiger partial charge in [0.15, 0.2) is 11.5 Å². The van der Waals surface area contributed by atoms with Crippen LogP contribution < -0.4 is 5.32 Å². The van der Waals surface area contributed by atoms with Gasteiger partial charge in [0, 0.05) is 51.0 Å². The summed E-state index contributed by atoms with van der Waals surface area (Å²) < 4.78 is 43.2. The molecular weight excluding hydrogens is 613 g/mol. The minimum absolute atomic E-state index is 0.0165. The molecule has 3 aromatic rings. The van der Waals surface area contributed by atoms with Crippen LogP contribution in [0.4, 0.5) is 18.9 Å². The molecule has 11 nitrogen and oxygen atoms in total. The van der Waals surface area contributed by atoms with Crippen LogP contribution >= 0.6 is 11.6 Å². The van der Waals surface area contributed by atoms with Gasteiger partial charge in [0.2, 0.25) is 5.91 Å². The number of hydrogen-bond acceptors (Lipinski definition) is 6. The molecule has 2 aromatic heterocycles. The van der Waals surface area contributed by atoms with Gasteiger partial charge >= 0.3 is 6.18 Å². The summed E-state index contributed by atoms with van der Waals surface area (Å²) >= 11 is 6.45. The molecule has 0 bridgehead atoms. The summed E-state index contributed by atoms with van der Waals surface area (Å²) in [5, 5.41) is 6.29. The summed E-state index contributed by atoms with van der Waals surface area (Å²) in [4.78, 5) is 49.0. The van der Waals surface area contributed by atoms with Crippen LogP contribution in [0.15, 0.2) is 30.6 Å². The summed E-state index contributed by atoms with van der Waals surface area (Å²) in [6.45, 7) is 3.29. The van der Waals surface area contributed by atoms with Gasteiger partial charge in [0.05, 0.1) is 28.0 Å². The van der Waals surface area contributed by atoms with E-state index in [1.54, 1.807) is 4.90 Å². The number of carbonyl (C=O) groups is 3. The second-order valence-corrected chi connectivity index (χ2v) is 11.6. The van der Waals surface area contributed by atoms with Crippen LogP contribution in [0.5, 0.6) is 0 Å². The summed E-state index contributed by atoms with van der Waals surface area (Å²) in [7, 11) is 3.46. The maximum Gasteiger partial charge on any atom is 0.435 e. The zero-order valence-electron chi connectivity index (χ0n) is 24.8. The molecule has 1 N–H and O–H groups in total. The highest BCUT2D eigenvalue weighted by Crippen LogP contribution is 2.36. The maximum atomic E-state index is 13.7. The van der Waals surface area contributed by atoms with E-state index in [9.17, 15) is 27.6 Å². The van der Waals surface area contributed by atoms with Crippen LogP contribution in [0, 0.1) is 18.3 Å². The molecule has 0 atom stereocenters. The van der Waals surface area contributed by atoms with E-state index in [2.05, 4.69) is 26.2 Å². The van der Waals surface area contributed by atoms with Crippen molar-refractivity contribution in [2.75, 3.05) is 51.6 Å². The fourth-order valence-corrected chi connectivity index (χ4v) is 5.89. The van der Waals surface area contributed by atoms with Gasteiger partial charge in [-0.25, -0.2) is 4.98 Å². The Balaban J connectivity index is 1.23. The Hall–Kier alpha value is -4.35. The second-order valence-electron chi connectivity index (χ2n) is 11.2. The Morgan fingerprint density at radius 1 is 1.07 bits per heavy atom. The Morgan fingerprint density at radius 3 is 2.36 bits per heavy atom. The number of likely N-dealkylation sites (tertiary alicyclic amines) is 1. The molecular formula is C30H32ClF3N8O3. The van der Waals surface area contributed by atoms with Crippen LogP contribution in [0.2, 0.25) is 5.02 Å². The SMILES string of the molecule is C#CCn1cc(-c2cnc(C(=O)Nc3ccc(C(=O)N4CCN(C(=O)C5CCN(C)CC5)CC4)c(Cl)c3)n2C)c(C(F)(F)F)n1. The van der Waals surface area contributed by atoms with Crippen LogP contribution in [-0.4, -0.2) is 98.1 Å². The van der Waals surface area contributed by atoms with Crippen molar-refractivity contribution in [3.05, 3.63) is 52.7 Å². The first-order valence-electron chi connectivity index (χ1n) is 14.3. The average Bonchev–Trinajstić information content (AvgIpc) is 3.60. The standard InChI is InChI=1S/C30H32ClF3N8O3/c1-4-9-42-18-22(25(37-42)30(32,33)34)24-17-35-26(39(24)3)27(43)36-20-5-6-21(23(31)16-20)29(45)41-14-12-40(13-15-41)28(44)19-7-10-38(2)11-8-19/h1,5-6,16-19H,7-15H2,2-3H3,(H,36,43). The highest BCUT2D eigenvalue weighted by molar-refractivity contribution is 6.34. The highest BCUT2D eigenvalue weighted by atomic mass is 35.5. The molecule has 3 amide bonds. The normalized spacial score (nSPS) is 16.5. The molecule has 238 valence electrons. The van der Waals surface area contributed by atoms with Crippen molar-refractivity contribution in [1.29, 1.82) is 0 Å². The van der Waals surface area contributed by atoms with E-state index in [1.165, 1.54) is 29.8 Å². The topological polar surface area (TPSA) is 109 Å². The third-order valence-corrected chi connectivity index (χ3v) is 8.47. The Bertz CT molecular complexity index is 1640. The van der Waals surface area contributed by atoms with Crippen LogP contribution in [0.3, 0.4) is 0 Å². The molecule has 0 aliphatic carbocycles. The van der Waals surface area contributed by atoms with E-state index in [0.717, 1.165) is 43.0 Å². The fraction of sp³-hybridized carbons (Fsp3) is 0.433. The summed E-state index contributed by atoms with van der Waals surface area (Å²) in [6.07, 6.45) is 4.45. The summed E-state index contributed by atoms with van der Waals surface area (Å²) in [5.41, 5.74) is -0.900. The molecule has 0 spiro atoms. The Labute approximate surface area is 262 Å². The number of carbonyl (C=O) groups excluding carboxylic acids is 3. The van der Waals surface area contributed by atoms with E-state index in [4.69, 9.17) is 18.0 Å². The molecule has 0 unspecified atom stereocenters. The van der Waals surface area contributed by atoms with Crippen molar-refractivity contribution in [3.63, 3.8) is 0 Å². The lowest BCUT2D eigenvalue weighted by Crippen LogP contribution is -2.52. The predicted molar refractivity (Wildman–Crippen MR) is 160 cm³/mol. The van der Waals surface area contributed by atoms with E-state index >= 15 is 0 Å². The number of aromatic nitrogens is 4. The first-order chi connectivity index (χ1) is 21.4. The number of nitrogens with zero attached hydrogens (tertiary/aromatic N) is 7. The highest BCUT2D eigenvalue weighted by Gasteiger charge is 2.38. The van der Waals surface area contributed by atoms with Crippen molar-refractivity contribution in [2.45, 2.75) is 25.6 Å². The van der Waals surface area contributed by atoms with Crippen molar-refractivity contribution in [1.82, 2.24) is 34.0 Å². The van der Waals surface area contributed by atoms with Gasteiger partial charge in [-0.2, -0.15) is 18.3 Å². The molecule has 45 heavy (non-hydrogen) atoms. The number of piperazine rings is 1. The number of piperidine rings is 1. The van der Waals surface area contributed by atoms with Gasteiger partial charge in [-0.05, 0) is 51.2 Å². The molecule has 2 aliphatic heterocycles. The first kappa shape index (κ1) is 32.1. The average molecular weight is 645 g/mol. The Morgan fingerprint density at radius 2 is 1.73 bits per heavy atom. The first-order valence-corrected chi connectivity index (χ1v) is 14.7. The van der Waals surface area contributed by atoms with Gasteiger partial charge in [-0.3, -0.25) is 19.1 Å². The molecule has 15 heteroatoms. The van der Waals surface area contributed by atoms with Gasteiger partial charge in [-0.1, -0.05) is 17.5 Å². The molecule has 2 saturated heterocycles. The number of benzene rings is 1. The lowest BCUT2D eigenvalue weighted by Gasteiger charge is -2.38. The molecule has 1 aromatic carbocycles. The predicted octanol–water partition coefficient (Wildman–Crippen LogP) is 3.47. The second kappa shape index (κ2) is 12.9. The maximum absolute atomic E-state index is 13.7. The zero-order chi connectivity index (χ0) is 32.5. The van der Waals surface area contributed by atoms with Gasteiger partial charge in [0.1, 0.15) is 6.54 Å². The van der Waals surface area contributed by atoms with Crippen molar-refractivity contribution >= 4 is 35.0 Å². The molecule has 0 radical (unpaired) electrons. The van der Waals surface area contributed by atoms with Gasteiger partial charge in [-0.15, -0.1) is 6.42 Å². The quantitative estimate of drug-likeness (QED) is 0.412. The molecule has 4 heterocycles. The van der Waals surface area contributed by atoms with Gasteiger partial charge in [0.25, 0.3) is 11.8 Å². The van der Waals surface area contributed by atoms with Gasteiger partial charge < -0.3 is 24.6 Å². The molecule has 2 aliphatic rings. The molecule has 5 rings (SSSR count). The van der Waals surface area contributed by atoms with Crippen LogP contribution in [0.25, 0.3) is 11.3 Å². The summed E-state index contributed by atoms with van der Waals surface area (Å²) in [6, 6.07) is 4.42. The number of hydrogen-bond donors (Lipinski definition) is 1. The number of alkyl halides is 3. The lowest BCUT2D eigenvalue weighted by atomic mass is 9.95. The molecule has 2 fully saturated rings. The van der Waals surface area contributed by atoms with E-state index in [0.29, 0.717) is 26.2 Å². The number of halogens is 4. The van der Waals surface area contributed by atoms with Crippen molar-refractivity contribution in [3.8, 4) is 23.6 Å². The Kier molecular flexibility index (Phi) is 9.22. The van der Waals surface area contributed by atoms with Crippen molar-refractivity contribution in [2.24, 2.45) is 13.0 Å². The lowest BCUT2D eigenvalue weighted by molar-refractivity contribution is -0.141. The summed E-state index contributed by atoms with van der Waals surface area (Å²) in [5.74, 6) is 1.26.